The van der Waals surface area contributed by atoms with E-state index in [0.29, 0.717) is 44.3 Å². The van der Waals surface area contributed by atoms with E-state index in [2.05, 4.69) is 10.4 Å². The van der Waals surface area contributed by atoms with Crippen LogP contribution in [-0.2, 0) is 11.8 Å². The van der Waals surface area contributed by atoms with Gasteiger partial charge < -0.3 is 14.6 Å². The number of carbonyl (C=O) groups is 2. The van der Waals surface area contributed by atoms with E-state index in [1.807, 2.05) is 4.90 Å². The van der Waals surface area contributed by atoms with Gasteiger partial charge in [0.05, 0.1) is 12.8 Å². The second kappa shape index (κ2) is 6.66. The van der Waals surface area contributed by atoms with Gasteiger partial charge in [-0.15, -0.1) is 0 Å². The monoisotopic (exact) mass is 317 g/mol. The lowest BCUT2D eigenvalue weighted by atomic mass is 10.3. The first-order valence-corrected chi connectivity index (χ1v) is 7.46. The minimum Gasteiger partial charge on any atom is -0.459 e. The number of rotatable bonds is 4. The van der Waals surface area contributed by atoms with Crippen molar-refractivity contribution in [1.82, 2.24) is 19.6 Å². The van der Waals surface area contributed by atoms with Gasteiger partial charge in [-0.3, -0.25) is 19.2 Å². The second-order valence-electron chi connectivity index (χ2n) is 5.47. The van der Waals surface area contributed by atoms with Crippen molar-refractivity contribution in [2.75, 3.05) is 38.0 Å². The molecule has 0 atom stereocenters. The first kappa shape index (κ1) is 15.3. The zero-order chi connectivity index (χ0) is 16.2. The smallest absolute Gasteiger partial charge is 0.289 e. The van der Waals surface area contributed by atoms with Crippen LogP contribution in [0, 0.1) is 0 Å². The number of nitrogens with one attached hydrogen (secondary N) is 1. The van der Waals surface area contributed by atoms with Gasteiger partial charge in [0, 0.05) is 45.5 Å². The Labute approximate surface area is 133 Å². The van der Waals surface area contributed by atoms with E-state index < -0.39 is 0 Å². The van der Waals surface area contributed by atoms with Gasteiger partial charge in [-0.25, -0.2) is 0 Å². The summed E-state index contributed by atoms with van der Waals surface area (Å²) < 4.78 is 6.76. The molecule has 2 aromatic rings. The van der Waals surface area contributed by atoms with Crippen molar-refractivity contribution in [1.29, 1.82) is 0 Å². The normalized spacial score (nSPS) is 15.6. The Morgan fingerprint density at radius 1 is 1.26 bits per heavy atom. The van der Waals surface area contributed by atoms with Crippen LogP contribution in [0.25, 0.3) is 0 Å². The average Bonchev–Trinajstić information content (AvgIpc) is 3.19. The summed E-state index contributed by atoms with van der Waals surface area (Å²) in [6.07, 6.45) is 3.26. The third-order valence-corrected chi connectivity index (χ3v) is 3.74. The Morgan fingerprint density at radius 2 is 2.04 bits per heavy atom. The van der Waals surface area contributed by atoms with Crippen LogP contribution in [0.5, 0.6) is 0 Å². The highest BCUT2D eigenvalue weighted by Crippen LogP contribution is 2.09. The first-order valence-electron chi connectivity index (χ1n) is 7.46. The molecular formula is C15H19N5O3. The lowest BCUT2D eigenvalue weighted by molar-refractivity contribution is -0.117. The fourth-order valence-electron chi connectivity index (χ4n) is 2.53. The Bertz CT molecular complexity index is 671. The summed E-state index contributed by atoms with van der Waals surface area (Å²) in [7, 11) is 1.80. The summed E-state index contributed by atoms with van der Waals surface area (Å²) in [5, 5.41) is 6.87. The molecule has 1 aliphatic rings. The number of hydrogen-bond acceptors (Lipinski definition) is 5. The van der Waals surface area contributed by atoms with Gasteiger partial charge in [-0.2, -0.15) is 5.10 Å². The number of aryl methyl sites for hydroxylation is 1. The Balaban J connectivity index is 1.45. The van der Waals surface area contributed by atoms with Gasteiger partial charge in [0.15, 0.2) is 11.6 Å². The molecule has 0 unspecified atom stereocenters. The second-order valence-corrected chi connectivity index (χ2v) is 5.47. The summed E-state index contributed by atoms with van der Waals surface area (Å²) in [4.78, 5) is 27.9. The molecule has 3 rings (SSSR count). The number of piperazine rings is 1. The minimum atomic E-state index is -0.104. The predicted molar refractivity (Wildman–Crippen MR) is 82.9 cm³/mol. The van der Waals surface area contributed by atoms with Crippen LogP contribution in [0.2, 0.25) is 0 Å². The SMILES string of the molecule is Cn1ccc(NC(=O)CN2CCN(C(=O)c3ccco3)CC2)n1. The van der Waals surface area contributed by atoms with E-state index in [1.165, 1.54) is 6.26 Å². The third kappa shape index (κ3) is 3.78. The molecule has 8 nitrogen and oxygen atoms in total. The van der Waals surface area contributed by atoms with Gasteiger partial charge in [0.1, 0.15) is 0 Å². The van der Waals surface area contributed by atoms with Crippen molar-refractivity contribution < 1.29 is 14.0 Å². The molecule has 2 amide bonds. The highest BCUT2D eigenvalue weighted by Gasteiger charge is 2.24. The summed E-state index contributed by atoms with van der Waals surface area (Å²) in [6.45, 7) is 2.76. The Morgan fingerprint density at radius 3 is 2.65 bits per heavy atom. The molecule has 0 aliphatic carbocycles. The van der Waals surface area contributed by atoms with Crippen molar-refractivity contribution in [3.05, 3.63) is 36.4 Å². The lowest BCUT2D eigenvalue weighted by Crippen LogP contribution is -2.50. The van der Waals surface area contributed by atoms with Gasteiger partial charge in [-0.1, -0.05) is 0 Å². The zero-order valence-corrected chi connectivity index (χ0v) is 12.9. The molecule has 0 aromatic carbocycles. The average molecular weight is 317 g/mol. The van der Waals surface area contributed by atoms with Gasteiger partial charge in [-0.05, 0) is 12.1 Å². The predicted octanol–water partition coefficient (Wildman–Crippen LogP) is 0.410. The molecule has 23 heavy (non-hydrogen) atoms. The topological polar surface area (TPSA) is 83.6 Å². The molecule has 3 heterocycles. The number of amides is 2. The van der Waals surface area contributed by atoms with Crippen LogP contribution in [0.1, 0.15) is 10.6 Å². The molecular weight excluding hydrogens is 298 g/mol. The van der Waals surface area contributed by atoms with E-state index in [0.717, 1.165) is 0 Å². The molecule has 1 N–H and O–H groups in total. The highest BCUT2D eigenvalue weighted by atomic mass is 16.3. The highest BCUT2D eigenvalue weighted by molar-refractivity contribution is 5.92. The number of anilines is 1. The van der Waals surface area contributed by atoms with Gasteiger partial charge in [0.25, 0.3) is 5.91 Å². The fraction of sp³-hybridized carbons (Fsp3) is 0.400. The molecule has 0 bridgehead atoms. The molecule has 1 fully saturated rings. The van der Waals surface area contributed by atoms with Crippen molar-refractivity contribution in [2.24, 2.45) is 7.05 Å². The number of nitrogens with zero attached hydrogens (tertiary/aromatic N) is 4. The molecule has 8 heteroatoms. The van der Waals surface area contributed by atoms with Crippen LogP contribution in [-0.4, -0.2) is 64.1 Å². The van der Waals surface area contributed by atoms with Crippen molar-refractivity contribution in [2.45, 2.75) is 0 Å². The lowest BCUT2D eigenvalue weighted by Gasteiger charge is -2.33. The summed E-state index contributed by atoms with van der Waals surface area (Å²) in [5.74, 6) is 0.692. The minimum absolute atomic E-state index is 0.102. The number of aromatic nitrogens is 2. The number of carbonyl (C=O) groups excluding carboxylic acids is 2. The Kier molecular flexibility index (Phi) is 4.42. The van der Waals surface area contributed by atoms with Crippen molar-refractivity contribution >= 4 is 17.6 Å². The summed E-state index contributed by atoms with van der Waals surface area (Å²) in [6, 6.07) is 5.11. The van der Waals surface area contributed by atoms with Crippen LogP contribution in [0.3, 0.4) is 0 Å². The van der Waals surface area contributed by atoms with Gasteiger partial charge >= 0.3 is 0 Å². The molecule has 2 aromatic heterocycles. The zero-order valence-electron chi connectivity index (χ0n) is 12.9. The molecule has 0 radical (unpaired) electrons. The quantitative estimate of drug-likeness (QED) is 0.883. The van der Waals surface area contributed by atoms with E-state index in [4.69, 9.17) is 4.42 Å². The number of furan rings is 1. The maximum Gasteiger partial charge on any atom is 0.289 e. The largest absolute Gasteiger partial charge is 0.459 e. The molecule has 122 valence electrons. The standard InChI is InChI=1S/C15H19N5O3/c1-18-5-4-13(17-18)16-14(21)11-19-6-8-20(9-7-19)15(22)12-3-2-10-23-12/h2-5,10H,6-9,11H2,1H3,(H,16,17,21). The van der Waals surface area contributed by atoms with E-state index in [1.54, 1.807) is 41.0 Å². The van der Waals surface area contributed by atoms with Crippen LogP contribution in [0.15, 0.2) is 35.1 Å². The maximum atomic E-state index is 12.2. The van der Waals surface area contributed by atoms with Crippen LogP contribution >= 0.6 is 0 Å². The third-order valence-electron chi connectivity index (χ3n) is 3.74. The summed E-state index contributed by atoms with van der Waals surface area (Å²) >= 11 is 0. The molecule has 0 spiro atoms. The van der Waals surface area contributed by atoms with E-state index in [-0.39, 0.29) is 11.8 Å². The van der Waals surface area contributed by atoms with Crippen molar-refractivity contribution in [3.8, 4) is 0 Å². The van der Waals surface area contributed by atoms with E-state index in [9.17, 15) is 9.59 Å². The first-order chi connectivity index (χ1) is 11.1. The maximum absolute atomic E-state index is 12.2. The summed E-state index contributed by atoms with van der Waals surface area (Å²) in [5.41, 5.74) is 0. The molecule has 1 aliphatic heterocycles. The van der Waals surface area contributed by atoms with Crippen LogP contribution in [0.4, 0.5) is 5.82 Å². The molecule has 0 saturated carbocycles. The van der Waals surface area contributed by atoms with Crippen molar-refractivity contribution in [3.63, 3.8) is 0 Å². The van der Waals surface area contributed by atoms with E-state index >= 15 is 0 Å². The number of hydrogen-bond donors (Lipinski definition) is 1. The van der Waals surface area contributed by atoms with Gasteiger partial charge in [0.2, 0.25) is 5.91 Å². The van der Waals surface area contributed by atoms with Crippen LogP contribution < -0.4 is 5.32 Å². The fourth-order valence-corrected chi connectivity index (χ4v) is 2.53. The molecule has 1 saturated heterocycles. The Hall–Kier alpha value is -2.61.